The standard InChI is InChI=1S/C15H14N2O/c1-12(18)15(13-8-4-2-5-9-13)17-16-14-10-6-3-7-11-14/h2-11,16H,1H3. The summed E-state index contributed by atoms with van der Waals surface area (Å²) in [4.78, 5) is 11.6. The molecular formula is C15H14N2O. The van der Waals surface area contributed by atoms with Gasteiger partial charge in [-0.2, -0.15) is 5.10 Å². The third-order valence-electron chi connectivity index (χ3n) is 2.45. The van der Waals surface area contributed by atoms with E-state index in [1.807, 2.05) is 60.7 Å². The number of hydrogen-bond acceptors (Lipinski definition) is 3. The summed E-state index contributed by atoms with van der Waals surface area (Å²) >= 11 is 0. The molecule has 0 atom stereocenters. The van der Waals surface area contributed by atoms with Crippen LogP contribution in [0.25, 0.3) is 0 Å². The van der Waals surface area contributed by atoms with Crippen molar-refractivity contribution in [1.82, 2.24) is 0 Å². The van der Waals surface area contributed by atoms with E-state index in [0.29, 0.717) is 5.71 Å². The largest absolute Gasteiger partial charge is 0.293 e. The maximum Gasteiger partial charge on any atom is 0.180 e. The van der Waals surface area contributed by atoms with Crippen LogP contribution in [0.15, 0.2) is 65.8 Å². The van der Waals surface area contributed by atoms with Crippen molar-refractivity contribution >= 4 is 17.2 Å². The SMILES string of the molecule is CC(=O)C(=NNc1ccccc1)c1ccccc1. The summed E-state index contributed by atoms with van der Waals surface area (Å²) in [7, 11) is 0. The van der Waals surface area contributed by atoms with E-state index in [1.54, 1.807) is 0 Å². The average molecular weight is 238 g/mol. The zero-order chi connectivity index (χ0) is 12.8. The van der Waals surface area contributed by atoms with E-state index in [1.165, 1.54) is 6.92 Å². The highest BCUT2D eigenvalue weighted by molar-refractivity contribution is 6.45. The molecule has 3 heteroatoms. The smallest absolute Gasteiger partial charge is 0.180 e. The number of carbonyl (C=O) groups excluding carboxylic acids is 1. The maximum atomic E-state index is 11.6. The Hall–Kier alpha value is -2.42. The second-order valence-electron chi connectivity index (χ2n) is 3.86. The minimum absolute atomic E-state index is 0.0652. The van der Waals surface area contributed by atoms with Crippen LogP contribution in [-0.4, -0.2) is 11.5 Å². The highest BCUT2D eigenvalue weighted by Gasteiger charge is 2.08. The van der Waals surface area contributed by atoms with E-state index in [4.69, 9.17) is 0 Å². The van der Waals surface area contributed by atoms with Crippen LogP contribution >= 0.6 is 0 Å². The van der Waals surface area contributed by atoms with Crippen LogP contribution in [0.1, 0.15) is 12.5 Å². The monoisotopic (exact) mass is 238 g/mol. The molecule has 0 aromatic heterocycles. The third kappa shape index (κ3) is 3.04. The Morgan fingerprint density at radius 2 is 1.50 bits per heavy atom. The van der Waals surface area contributed by atoms with Gasteiger partial charge in [-0.25, -0.2) is 0 Å². The number of Topliss-reactive ketones (excluding diaryl/α,β-unsaturated/α-hetero) is 1. The van der Waals surface area contributed by atoms with E-state index in [9.17, 15) is 4.79 Å². The second kappa shape index (κ2) is 5.77. The molecule has 3 nitrogen and oxygen atoms in total. The van der Waals surface area contributed by atoms with Gasteiger partial charge in [0.15, 0.2) is 5.78 Å². The van der Waals surface area contributed by atoms with E-state index < -0.39 is 0 Å². The number of nitrogens with zero attached hydrogens (tertiary/aromatic N) is 1. The van der Waals surface area contributed by atoms with Gasteiger partial charge in [-0.3, -0.25) is 10.2 Å². The van der Waals surface area contributed by atoms with E-state index in [0.717, 1.165) is 11.3 Å². The molecule has 0 saturated heterocycles. The van der Waals surface area contributed by atoms with Crippen molar-refractivity contribution in [3.8, 4) is 0 Å². The Labute approximate surface area is 106 Å². The molecule has 2 aromatic rings. The topological polar surface area (TPSA) is 41.5 Å². The fourth-order valence-corrected chi connectivity index (χ4v) is 1.58. The summed E-state index contributed by atoms with van der Waals surface area (Å²) in [6, 6.07) is 19.0. The molecule has 2 aromatic carbocycles. The van der Waals surface area contributed by atoms with Crippen molar-refractivity contribution in [3.63, 3.8) is 0 Å². The molecule has 1 N–H and O–H groups in total. The summed E-state index contributed by atoms with van der Waals surface area (Å²) in [5, 5.41) is 4.18. The fraction of sp³-hybridized carbons (Fsp3) is 0.0667. The lowest BCUT2D eigenvalue weighted by molar-refractivity contribution is -0.111. The van der Waals surface area contributed by atoms with Crippen LogP contribution in [0.5, 0.6) is 0 Å². The lowest BCUT2D eigenvalue weighted by Crippen LogP contribution is -2.13. The first kappa shape index (κ1) is 12.0. The van der Waals surface area contributed by atoms with Gasteiger partial charge < -0.3 is 0 Å². The molecule has 0 bridgehead atoms. The molecule has 0 spiro atoms. The van der Waals surface area contributed by atoms with Crippen molar-refractivity contribution in [2.45, 2.75) is 6.92 Å². The number of hydrogen-bond donors (Lipinski definition) is 1. The first-order valence-corrected chi connectivity index (χ1v) is 5.72. The van der Waals surface area contributed by atoms with Crippen LogP contribution in [0, 0.1) is 0 Å². The third-order valence-corrected chi connectivity index (χ3v) is 2.45. The van der Waals surface area contributed by atoms with E-state index >= 15 is 0 Å². The molecule has 0 amide bonds. The normalized spacial score (nSPS) is 11.1. The number of hydrazone groups is 1. The van der Waals surface area contributed by atoms with Crippen LogP contribution in [0.4, 0.5) is 5.69 Å². The first-order chi connectivity index (χ1) is 8.77. The molecule has 0 radical (unpaired) electrons. The Kier molecular flexibility index (Phi) is 3.86. The van der Waals surface area contributed by atoms with Gasteiger partial charge in [-0.1, -0.05) is 48.5 Å². The van der Waals surface area contributed by atoms with Crippen molar-refractivity contribution in [2.75, 3.05) is 5.43 Å². The van der Waals surface area contributed by atoms with Crippen molar-refractivity contribution in [3.05, 3.63) is 66.2 Å². The zero-order valence-electron chi connectivity index (χ0n) is 10.1. The molecule has 0 aliphatic carbocycles. The lowest BCUT2D eigenvalue weighted by Gasteiger charge is -2.04. The first-order valence-electron chi connectivity index (χ1n) is 5.72. The van der Waals surface area contributed by atoms with Crippen LogP contribution in [0.2, 0.25) is 0 Å². The second-order valence-corrected chi connectivity index (χ2v) is 3.86. The van der Waals surface area contributed by atoms with E-state index in [-0.39, 0.29) is 5.78 Å². The molecule has 2 rings (SSSR count). The summed E-state index contributed by atoms with van der Waals surface area (Å²) in [5.74, 6) is -0.0652. The van der Waals surface area contributed by atoms with Gasteiger partial charge in [0.25, 0.3) is 0 Å². The minimum Gasteiger partial charge on any atom is -0.293 e. The van der Waals surface area contributed by atoms with Gasteiger partial charge in [0, 0.05) is 12.5 Å². The van der Waals surface area contributed by atoms with Crippen molar-refractivity contribution in [2.24, 2.45) is 5.10 Å². The number of benzene rings is 2. The number of rotatable bonds is 4. The zero-order valence-corrected chi connectivity index (χ0v) is 10.1. The van der Waals surface area contributed by atoms with E-state index in [2.05, 4.69) is 10.5 Å². The number of para-hydroxylation sites is 1. The van der Waals surface area contributed by atoms with Crippen LogP contribution < -0.4 is 5.43 Å². The van der Waals surface area contributed by atoms with Crippen LogP contribution in [0.3, 0.4) is 0 Å². The fourth-order valence-electron chi connectivity index (χ4n) is 1.58. The summed E-state index contributed by atoms with van der Waals surface area (Å²) in [6.45, 7) is 1.51. The molecule has 0 saturated carbocycles. The minimum atomic E-state index is -0.0652. The number of ketones is 1. The Bertz CT molecular complexity index is 547. The Morgan fingerprint density at radius 1 is 0.944 bits per heavy atom. The number of anilines is 1. The number of carbonyl (C=O) groups is 1. The summed E-state index contributed by atoms with van der Waals surface area (Å²) in [5.41, 5.74) is 4.99. The highest BCUT2D eigenvalue weighted by Crippen LogP contribution is 2.07. The molecule has 90 valence electrons. The quantitative estimate of drug-likeness (QED) is 0.657. The lowest BCUT2D eigenvalue weighted by atomic mass is 10.1. The molecular weight excluding hydrogens is 224 g/mol. The number of nitrogens with one attached hydrogen (secondary N) is 1. The van der Waals surface area contributed by atoms with Gasteiger partial charge in [-0.05, 0) is 12.1 Å². The van der Waals surface area contributed by atoms with Gasteiger partial charge in [0.1, 0.15) is 5.71 Å². The molecule has 0 aliphatic rings. The Balaban J connectivity index is 2.24. The molecule has 0 heterocycles. The summed E-state index contributed by atoms with van der Waals surface area (Å²) in [6.07, 6.45) is 0. The van der Waals surface area contributed by atoms with Crippen molar-refractivity contribution < 1.29 is 4.79 Å². The molecule has 0 aliphatic heterocycles. The Morgan fingerprint density at radius 3 is 2.06 bits per heavy atom. The maximum absolute atomic E-state index is 11.6. The van der Waals surface area contributed by atoms with Gasteiger partial charge in [0.2, 0.25) is 0 Å². The van der Waals surface area contributed by atoms with Gasteiger partial charge in [-0.15, -0.1) is 0 Å². The predicted molar refractivity (Wildman–Crippen MR) is 73.7 cm³/mol. The molecule has 0 unspecified atom stereocenters. The average Bonchev–Trinajstić information content (AvgIpc) is 2.41. The van der Waals surface area contributed by atoms with Crippen LogP contribution in [-0.2, 0) is 4.79 Å². The van der Waals surface area contributed by atoms with Gasteiger partial charge in [0.05, 0.1) is 5.69 Å². The van der Waals surface area contributed by atoms with Crippen molar-refractivity contribution in [1.29, 1.82) is 0 Å². The summed E-state index contributed by atoms with van der Waals surface area (Å²) < 4.78 is 0. The predicted octanol–water partition coefficient (Wildman–Crippen LogP) is 3.09. The molecule has 0 fully saturated rings. The molecule has 18 heavy (non-hydrogen) atoms. The highest BCUT2D eigenvalue weighted by atomic mass is 16.1. The van der Waals surface area contributed by atoms with Gasteiger partial charge >= 0.3 is 0 Å².